The normalized spacial score (nSPS) is 21.8. The van der Waals surface area contributed by atoms with E-state index in [2.05, 4.69) is 54.6 Å². The van der Waals surface area contributed by atoms with Gasteiger partial charge in [-0.05, 0) is 38.3 Å². The molecule has 0 aliphatic carbocycles. The molecule has 4 nitrogen and oxygen atoms in total. The Morgan fingerprint density at radius 3 is 2.29 bits per heavy atom. The Hall–Kier alpha value is -2.47. The van der Waals surface area contributed by atoms with Gasteiger partial charge in [0.2, 0.25) is 4.90 Å². The van der Waals surface area contributed by atoms with Crippen LogP contribution in [0.25, 0.3) is 0 Å². The monoisotopic (exact) mass is 434 g/mol. The maximum Gasteiger partial charge on any atom is 0.305 e. The lowest BCUT2D eigenvalue weighted by Crippen LogP contribution is -2.37. The van der Waals surface area contributed by atoms with Gasteiger partial charge in [-0.15, -0.1) is 0 Å². The highest BCUT2D eigenvalue weighted by Gasteiger charge is 2.47. The molecule has 0 saturated carbocycles. The molecule has 0 radical (unpaired) electrons. The van der Waals surface area contributed by atoms with Crippen molar-refractivity contribution in [1.29, 1.82) is 0 Å². The van der Waals surface area contributed by atoms with Crippen LogP contribution in [0.2, 0.25) is 0 Å². The van der Waals surface area contributed by atoms with Gasteiger partial charge < -0.3 is 9.47 Å². The summed E-state index contributed by atoms with van der Waals surface area (Å²) in [6.07, 6.45) is 3.52. The van der Waals surface area contributed by atoms with Crippen LogP contribution < -0.4 is 9.47 Å². The molecule has 5 rings (SSSR count). The van der Waals surface area contributed by atoms with Gasteiger partial charge in [-0.2, -0.15) is 4.55 Å². The van der Waals surface area contributed by atoms with E-state index in [9.17, 15) is 4.55 Å². The summed E-state index contributed by atoms with van der Waals surface area (Å²) in [5, 5.41) is 0. The molecule has 0 aromatic heterocycles. The molecule has 3 aromatic carbocycles. The highest BCUT2D eigenvalue weighted by atomic mass is 32.2. The highest BCUT2D eigenvalue weighted by molar-refractivity contribution is 7.89. The lowest BCUT2D eigenvalue weighted by molar-refractivity contribution is -0.0464. The third-order valence-corrected chi connectivity index (χ3v) is 7.65. The molecule has 2 aliphatic rings. The Labute approximate surface area is 187 Å². The first-order valence-electron chi connectivity index (χ1n) is 10.9. The van der Waals surface area contributed by atoms with Crippen molar-refractivity contribution in [1.82, 2.24) is 4.31 Å². The van der Waals surface area contributed by atoms with Crippen LogP contribution in [0.15, 0.2) is 71.6 Å². The van der Waals surface area contributed by atoms with Crippen molar-refractivity contribution in [2.45, 2.75) is 43.8 Å². The third-order valence-electron chi connectivity index (χ3n) is 6.12. The highest BCUT2D eigenvalue weighted by Crippen LogP contribution is 2.49. The largest absolute Gasteiger partial charge is 0.440 e. The summed E-state index contributed by atoms with van der Waals surface area (Å²) in [5.74, 6) is 0.326. The standard InChI is InChI=1S/C26H28NO3S/c1-19-10-12-21(13-11-19)26(23-9-5-4-8-20(23)2)29-24-15-14-22(18-25(24)30-26)31(28)27-16-6-3-7-17-27/h4-5,8-15,18,28H,3,6-7,16-17H2,1-2H3/q+1. The maximum absolute atomic E-state index is 11.0. The van der Waals surface area contributed by atoms with Gasteiger partial charge in [-0.25, -0.2) is 0 Å². The molecule has 1 saturated heterocycles. The molecule has 0 bridgehead atoms. The molecule has 0 amide bonds. The van der Waals surface area contributed by atoms with Crippen molar-refractivity contribution in [3.63, 3.8) is 0 Å². The smallest absolute Gasteiger partial charge is 0.305 e. The molecule has 5 heteroatoms. The van der Waals surface area contributed by atoms with Gasteiger partial charge in [0.15, 0.2) is 11.5 Å². The third kappa shape index (κ3) is 3.71. The zero-order valence-corrected chi connectivity index (χ0v) is 18.8. The Balaban J connectivity index is 1.54. The number of aryl methyl sites for hydroxylation is 2. The van der Waals surface area contributed by atoms with Crippen molar-refractivity contribution in [3.8, 4) is 11.5 Å². The number of rotatable bonds is 4. The lowest BCUT2D eigenvalue weighted by atomic mass is 9.93. The van der Waals surface area contributed by atoms with E-state index >= 15 is 0 Å². The molecule has 2 unspecified atom stereocenters. The van der Waals surface area contributed by atoms with Gasteiger partial charge in [0.1, 0.15) is 0 Å². The lowest BCUT2D eigenvalue weighted by Gasteiger charge is -2.30. The van der Waals surface area contributed by atoms with E-state index in [1.54, 1.807) is 0 Å². The SMILES string of the molecule is Cc1ccc(C2(c3ccccc3C)Oc3ccc([S+](O)N4CCCCC4)cc3O2)cc1. The van der Waals surface area contributed by atoms with Crippen LogP contribution in [0, 0.1) is 13.8 Å². The molecule has 3 aromatic rings. The van der Waals surface area contributed by atoms with Crippen LogP contribution in [0.3, 0.4) is 0 Å². The molecule has 2 heterocycles. The fourth-order valence-electron chi connectivity index (χ4n) is 4.38. The molecular weight excluding hydrogens is 406 g/mol. The van der Waals surface area contributed by atoms with Gasteiger partial charge in [0.25, 0.3) is 11.4 Å². The average Bonchev–Trinajstić information content (AvgIpc) is 3.19. The van der Waals surface area contributed by atoms with Crippen LogP contribution in [0.5, 0.6) is 11.5 Å². The number of ether oxygens (including phenoxy) is 2. The minimum absolute atomic E-state index is 0.671. The Bertz CT molecular complexity index is 1080. The van der Waals surface area contributed by atoms with E-state index in [1.807, 2.05) is 30.3 Å². The zero-order valence-electron chi connectivity index (χ0n) is 18.0. The van der Waals surface area contributed by atoms with Crippen LogP contribution >= 0.6 is 0 Å². The van der Waals surface area contributed by atoms with E-state index in [4.69, 9.17) is 9.47 Å². The summed E-state index contributed by atoms with van der Waals surface area (Å²) in [6, 6.07) is 22.3. The molecule has 31 heavy (non-hydrogen) atoms. The molecule has 1 N–H and O–H groups in total. The molecule has 1 fully saturated rings. The minimum Gasteiger partial charge on any atom is -0.440 e. The van der Waals surface area contributed by atoms with Crippen molar-refractivity contribution in [2.75, 3.05) is 13.1 Å². The number of fused-ring (bicyclic) bond motifs is 1. The second kappa shape index (κ2) is 8.23. The number of piperidine rings is 1. The van der Waals surface area contributed by atoms with Gasteiger partial charge in [-0.3, -0.25) is 0 Å². The van der Waals surface area contributed by atoms with Crippen LogP contribution in [0.1, 0.15) is 41.5 Å². The van der Waals surface area contributed by atoms with Crippen molar-refractivity contribution < 1.29 is 14.0 Å². The van der Waals surface area contributed by atoms with E-state index in [0.717, 1.165) is 47.5 Å². The molecule has 0 spiro atoms. The summed E-state index contributed by atoms with van der Waals surface area (Å²) < 4.78 is 26.3. The zero-order chi connectivity index (χ0) is 21.4. The summed E-state index contributed by atoms with van der Waals surface area (Å²) in [5.41, 5.74) is 4.22. The predicted molar refractivity (Wildman–Crippen MR) is 125 cm³/mol. The summed E-state index contributed by atoms with van der Waals surface area (Å²) in [6.45, 7) is 6.02. The summed E-state index contributed by atoms with van der Waals surface area (Å²) in [4.78, 5) is 0.869. The Morgan fingerprint density at radius 1 is 0.839 bits per heavy atom. The number of benzene rings is 3. The van der Waals surface area contributed by atoms with Crippen molar-refractivity contribution in [2.24, 2.45) is 0 Å². The number of hydrogen-bond acceptors (Lipinski definition) is 4. The van der Waals surface area contributed by atoms with Gasteiger partial charge in [0, 0.05) is 36.3 Å². The van der Waals surface area contributed by atoms with Crippen molar-refractivity contribution in [3.05, 3.63) is 89.0 Å². The maximum atomic E-state index is 11.0. The molecular formula is C26H28NO3S+. The summed E-state index contributed by atoms with van der Waals surface area (Å²) >= 11 is -0.936. The average molecular weight is 435 g/mol. The first-order chi connectivity index (χ1) is 15.1. The topological polar surface area (TPSA) is 41.9 Å². The quantitative estimate of drug-likeness (QED) is 0.525. The summed E-state index contributed by atoms with van der Waals surface area (Å²) in [7, 11) is 0. The first kappa shape index (κ1) is 20.4. The Morgan fingerprint density at radius 2 is 1.55 bits per heavy atom. The van der Waals surface area contributed by atoms with Crippen molar-refractivity contribution >= 4 is 11.4 Å². The second-order valence-electron chi connectivity index (χ2n) is 8.36. The van der Waals surface area contributed by atoms with E-state index in [0.29, 0.717) is 11.5 Å². The fourth-order valence-corrected chi connectivity index (χ4v) is 5.69. The van der Waals surface area contributed by atoms with Gasteiger partial charge in [-0.1, -0.05) is 64.8 Å². The van der Waals surface area contributed by atoms with Crippen LogP contribution in [0.4, 0.5) is 0 Å². The second-order valence-corrected chi connectivity index (χ2v) is 9.88. The van der Waals surface area contributed by atoms with Gasteiger partial charge >= 0.3 is 5.79 Å². The fraction of sp³-hybridized carbons (Fsp3) is 0.308. The Kier molecular flexibility index (Phi) is 5.42. The molecule has 160 valence electrons. The number of hydrogen-bond donors (Lipinski definition) is 1. The minimum atomic E-state index is -1.04. The molecule has 2 atom stereocenters. The predicted octanol–water partition coefficient (Wildman–Crippen LogP) is 5.83. The first-order valence-corrected chi connectivity index (χ1v) is 12.0. The van der Waals surface area contributed by atoms with Gasteiger partial charge in [0.05, 0.1) is 0 Å². The van der Waals surface area contributed by atoms with E-state index < -0.39 is 17.1 Å². The number of nitrogens with zero attached hydrogens (tertiary/aromatic N) is 1. The van der Waals surface area contributed by atoms with E-state index in [1.165, 1.54) is 12.0 Å². The van der Waals surface area contributed by atoms with Crippen LogP contribution in [-0.4, -0.2) is 21.9 Å². The van der Waals surface area contributed by atoms with E-state index in [-0.39, 0.29) is 0 Å². The van der Waals surface area contributed by atoms with Crippen LogP contribution in [-0.2, 0) is 17.1 Å². The molecule has 2 aliphatic heterocycles.